The maximum absolute atomic E-state index is 5.96. The smallest absolute Gasteiger partial charge is 0.242 e. The highest BCUT2D eigenvalue weighted by molar-refractivity contribution is 7.09. The molecule has 96 valence electrons. The minimum Gasteiger partial charge on any atom is -0.473 e. The van der Waals surface area contributed by atoms with Gasteiger partial charge in [0.25, 0.3) is 0 Å². The SMILES string of the molecule is CC(C)Oc1ncnc(NCc2cccs2)c1N. The van der Waals surface area contributed by atoms with Crippen LogP contribution >= 0.6 is 11.3 Å². The van der Waals surface area contributed by atoms with Crippen molar-refractivity contribution in [3.8, 4) is 5.88 Å². The van der Waals surface area contributed by atoms with Crippen LogP contribution in [0, 0.1) is 0 Å². The predicted octanol–water partition coefficient (Wildman–Crippen LogP) is 2.52. The number of nitrogen functional groups attached to an aromatic ring is 1. The zero-order valence-corrected chi connectivity index (χ0v) is 11.2. The Hall–Kier alpha value is -1.82. The van der Waals surface area contributed by atoms with E-state index in [4.69, 9.17) is 10.5 Å². The third kappa shape index (κ3) is 3.10. The fourth-order valence-corrected chi connectivity index (χ4v) is 2.07. The minimum atomic E-state index is 0.0346. The Morgan fingerprint density at radius 1 is 1.44 bits per heavy atom. The zero-order chi connectivity index (χ0) is 13.0. The summed E-state index contributed by atoms with van der Waals surface area (Å²) in [6.07, 6.45) is 1.48. The highest BCUT2D eigenvalue weighted by Crippen LogP contribution is 2.26. The summed E-state index contributed by atoms with van der Waals surface area (Å²) in [5.41, 5.74) is 6.41. The molecule has 0 saturated heterocycles. The van der Waals surface area contributed by atoms with E-state index in [2.05, 4.69) is 21.4 Å². The largest absolute Gasteiger partial charge is 0.473 e. The van der Waals surface area contributed by atoms with E-state index in [-0.39, 0.29) is 6.10 Å². The first-order valence-corrected chi connectivity index (χ1v) is 6.58. The molecule has 0 amide bonds. The van der Waals surface area contributed by atoms with Gasteiger partial charge in [-0.3, -0.25) is 0 Å². The number of anilines is 2. The van der Waals surface area contributed by atoms with Gasteiger partial charge in [-0.2, -0.15) is 4.98 Å². The van der Waals surface area contributed by atoms with Crippen LogP contribution in [-0.4, -0.2) is 16.1 Å². The monoisotopic (exact) mass is 264 g/mol. The molecule has 3 N–H and O–H groups in total. The van der Waals surface area contributed by atoms with Crippen LogP contribution in [0.3, 0.4) is 0 Å². The molecule has 0 bridgehead atoms. The second-order valence-corrected chi connectivity index (χ2v) is 5.07. The number of thiophene rings is 1. The van der Waals surface area contributed by atoms with E-state index in [1.54, 1.807) is 11.3 Å². The van der Waals surface area contributed by atoms with Crippen molar-refractivity contribution in [2.75, 3.05) is 11.1 Å². The van der Waals surface area contributed by atoms with Crippen molar-refractivity contribution < 1.29 is 4.74 Å². The van der Waals surface area contributed by atoms with E-state index >= 15 is 0 Å². The highest BCUT2D eigenvalue weighted by Gasteiger charge is 2.10. The predicted molar refractivity (Wildman–Crippen MR) is 73.9 cm³/mol. The lowest BCUT2D eigenvalue weighted by atomic mass is 10.4. The fourth-order valence-electron chi connectivity index (χ4n) is 1.42. The van der Waals surface area contributed by atoms with Crippen molar-refractivity contribution >= 4 is 22.8 Å². The molecule has 0 aliphatic rings. The molecule has 0 spiro atoms. The topological polar surface area (TPSA) is 73.1 Å². The Morgan fingerprint density at radius 2 is 2.28 bits per heavy atom. The molecule has 2 heterocycles. The number of aromatic nitrogens is 2. The number of hydrogen-bond donors (Lipinski definition) is 2. The van der Waals surface area contributed by atoms with Crippen LogP contribution in [0.5, 0.6) is 5.88 Å². The van der Waals surface area contributed by atoms with Gasteiger partial charge >= 0.3 is 0 Å². The molecule has 0 radical (unpaired) electrons. The number of nitrogens with zero attached hydrogens (tertiary/aromatic N) is 2. The van der Waals surface area contributed by atoms with E-state index in [1.165, 1.54) is 11.2 Å². The van der Waals surface area contributed by atoms with Crippen molar-refractivity contribution in [1.82, 2.24) is 9.97 Å². The van der Waals surface area contributed by atoms with Crippen molar-refractivity contribution in [2.24, 2.45) is 0 Å². The molecular weight excluding hydrogens is 248 g/mol. The summed E-state index contributed by atoms with van der Waals surface area (Å²) in [6.45, 7) is 4.56. The van der Waals surface area contributed by atoms with Crippen LogP contribution in [0.15, 0.2) is 23.8 Å². The number of nitrogens with two attached hydrogens (primary N) is 1. The van der Waals surface area contributed by atoms with Gasteiger partial charge in [0.1, 0.15) is 12.0 Å². The van der Waals surface area contributed by atoms with Crippen molar-refractivity contribution in [3.63, 3.8) is 0 Å². The first-order valence-electron chi connectivity index (χ1n) is 5.70. The van der Waals surface area contributed by atoms with Gasteiger partial charge in [-0.05, 0) is 25.3 Å². The molecule has 2 rings (SSSR count). The third-order valence-corrected chi connectivity index (χ3v) is 3.08. The Bertz CT molecular complexity index is 499. The van der Waals surface area contributed by atoms with Crippen molar-refractivity contribution in [1.29, 1.82) is 0 Å². The van der Waals surface area contributed by atoms with E-state index < -0.39 is 0 Å². The average Bonchev–Trinajstić information content (AvgIpc) is 2.83. The summed E-state index contributed by atoms with van der Waals surface area (Å²) in [5.74, 6) is 1.03. The third-order valence-electron chi connectivity index (χ3n) is 2.20. The van der Waals surface area contributed by atoms with Gasteiger partial charge in [-0.15, -0.1) is 11.3 Å². The van der Waals surface area contributed by atoms with Gasteiger partial charge in [0.2, 0.25) is 5.88 Å². The van der Waals surface area contributed by atoms with Gasteiger partial charge in [0, 0.05) is 4.88 Å². The fraction of sp³-hybridized carbons (Fsp3) is 0.333. The Balaban J connectivity index is 2.08. The lowest BCUT2D eigenvalue weighted by Gasteiger charge is -2.13. The van der Waals surface area contributed by atoms with Gasteiger partial charge in [0.05, 0.1) is 12.6 Å². The van der Waals surface area contributed by atoms with Gasteiger partial charge in [-0.1, -0.05) is 6.07 Å². The summed E-state index contributed by atoms with van der Waals surface area (Å²) >= 11 is 1.68. The van der Waals surface area contributed by atoms with Crippen molar-refractivity contribution in [2.45, 2.75) is 26.5 Å². The van der Waals surface area contributed by atoms with Gasteiger partial charge in [0.15, 0.2) is 5.82 Å². The van der Waals surface area contributed by atoms with E-state index in [1.807, 2.05) is 25.3 Å². The Labute approximate surface area is 110 Å². The Morgan fingerprint density at radius 3 is 2.94 bits per heavy atom. The Kier molecular flexibility index (Phi) is 3.99. The summed E-state index contributed by atoms with van der Waals surface area (Å²) in [6, 6.07) is 4.07. The summed E-state index contributed by atoms with van der Waals surface area (Å²) in [5, 5.41) is 5.22. The van der Waals surface area contributed by atoms with E-state index in [9.17, 15) is 0 Å². The van der Waals surface area contributed by atoms with E-state index in [0.29, 0.717) is 23.9 Å². The maximum Gasteiger partial charge on any atom is 0.242 e. The minimum absolute atomic E-state index is 0.0346. The molecule has 0 aliphatic carbocycles. The molecule has 2 aromatic heterocycles. The number of nitrogens with one attached hydrogen (secondary N) is 1. The molecule has 6 heteroatoms. The normalized spacial score (nSPS) is 10.6. The summed E-state index contributed by atoms with van der Waals surface area (Å²) in [7, 11) is 0. The second-order valence-electron chi connectivity index (χ2n) is 4.04. The lowest BCUT2D eigenvalue weighted by Crippen LogP contribution is -2.11. The van der Waals surface area contributed by atoms with Crippen LogP contribution in [0.25, 0.3) is 0 Å². The molecule has 18 heavy (non-hydrogen) atoms. The molecule has 0 saturated carbocycles. The standard InChI is InChI=1S/C12H16N4OS/c1-8(2)17-12-10(13)11(15-7-16-12)14-6-9-4-3-5-18-9/h3-5,7-8H,6,13H2,1-2H3,(H,14,15,16). The maximum atomic E-state index is 5.96. The molecule has 2 aromatic rings. The van der Waals surface area contributed by atoms with Crippen LogP contribution in [0.1, 0.15) is 18.7 Å². The zero-order valence-electron chi connectivity index (χ0n) is 10.4. The molecular formula is C12H16N4OS. The van der Waals surface area contributed by atoms with Crippen LogP contribution in [-0.2, 0) is 6.54 Å². The molecule has 0 fully saturated rings. The molecule has 0 atom stereocenters. The van der Waals surface area contributed by atoms with Crippen molar-refractivity contribution in [3.05, 3.63) is 28.7 Å². The number of rotatable bonds is 5. The average molecular weight is 264 g/mol. The van der Waals surface area contributed by atoms with E-state index in [0.717, 1.165) is 0 Å². The quantitative estimate of drug-likeness (QED) is 0.868. The summed E-state index contributed by atoms with van der Waals surface area (Å²) in [4.78, 5) is 9.37. The first kappa shape index (κ1) is 12.6. The van der Waals surface area contributed by atoms with Gasteiger partial charge < -0.3 is 15.8 Å². The van der Waals surface area contributed by atoms with Crippen LogP contribution in [0.4, 0.5) is 11.5 Å². The molecule has 5 nitrogen and oxygen atoms in total. The number of ether oxygens (including phenoxy) is 1. The first-order chi connectivity index (χ1) is 8.66. The molecule has 0 aromatic carbocycles. The lowest BCUT2D eigenvalue weighted by molar-refractivity contribution is 0.234. The molecule has 0 aliphatic heterocycles. The summed E-state index contributed by atoms with van der Waals surface area (Å²) < 4.78 is 5.51. The second kappa shape index (κ2) is 5.68. The molecule has 0 unspecified atom stereocenters. The number of hydrogen-bond acceptors (Lipinski definition) is 6. The van der Waals surface area contributed by atoms with Gasteiger partial charge in [-0.25, -0.2) is 4.98 Å². The van der Waals surface area contributed by atoms with Crippen LogP contribution in [0.2, 0.25) is 0 Å². The highest BCUT2D eigenvalue weighted by atomic mass is 32.1. The van der Waals surface area contributed by atoms with Crippen LogP contribution < -0.4 is 15.8 Å².